The third-order valence-electron chi connectivity index (χ3n) is 5.69. The van der Waals surface area contributed by atoms with Gasteiger partial charge in [-0.1, -0.05) is 44.7 Å². The highest BCUT2D eigenvalue weighted by molar-refractivity contribution is 7.80. The highest BCUT2D eigenvalue weighted by atomic mass is 32.1. The van der Waals surface area contributed by atoms with Crippen LogP contribution < -0.4 is 10.6 Å². The Hall–Kier alpha value is -2.45. The van der Waals surface area contributed by atoms with E-state index >= 15 is 0 Å². The maximum atomic E-state index is 12.9. The summed E-state index contributed by atoms with van der Waals surface area (Å²) in [6.45, 7) is 7.19. The maximum Gasteiger partial charge on any atom is 0.338 e. The fourth-order valence-electron chi connectivity index (χ4n) is 3.84. The van der Waals surface area contributed by atoms with Crippen LogP contribution in [0.15, 0.2) is 35.5 Å². The van der Waals surface area contributed by atoms with Crippen LogP contribution in [0.5, 0.6) is 0 Å². The van der Waals surface area contributed by atoms with Crippen LogP contribution in [0.4, 0.5) is 5.69 Å². The number of unbranched alkanes of at least 4 members (excludes halogenated alkanes) is 4. The molecular weight excluding hydrogens is 438 g/mol. The number of allylic oxidation sites excluding steroid dienone is 1. The van der Waals surface area contributed by atoms with E-state index in [9.17, 15) is 9.59 Å². The van der Waals surface area contributed by atoms with Crippen molar-refractivity contribution >= 4 is 34.9 Å². The predicted molar refractivity (Wildman–Crippen MR) is 135 cm³/mol. The van der Waals surface area contributed by atoms with Gasteiger partial charge in [-0.2, -0.15) is 0 Å². The lowest BCUT2D eigenvalue weighted by Gasteiger charge is -2.37. The van der Waals surface area contributed by atoms with Gasteiger partial charge in [0, 0.05) is 31.5 Å². The van der Waals surface area contributed by atoms with Gasteiger partial charge < -0.3 is 25.0 Å². The number of hydrogen-bond donors (Lipinski definition) is 2. The maximum absolute atomic E-state index is 12.9. The van der Waals surface area contributed by atoms with E-state index in [0.29, 0.717) is 30.3 Å². The van der Waals surface area contributed by atoms with Crippen molar-refractivity contribution in [2.75, 3.05) is 32.2 Å². The monoisotopic (exact) mass is 475 g/mol. The van der Waals surface area contributed by atoms with Gasteiger partial charge in [0.25, 0.3) is 0 Å². The molecule has 1 aromatic carbocycles. The molecule has 0 aromatic heterocycles. The molecule has 7 nitrogen and oxygen atoms in total. The average Bonchev–Trinajstić information content (AvgIpc) is 2.79. The molecule has 0 bridgehead atoms. The van der Waals surface area contributed by atoms with Crippen molar-refractivity contribution < 1.29 is 19.1 Å². The number of nitrogens with zero attached hydrogens (tertiary/aromatic N) is 1. The van der Waals surface area contributed by atoms with Crippen LogP contribution in [-0.4, -0.2) is 48.8 Å². The minimum Gasteiger partial charge on any atom is -0.460 e. The minimum atomic E-state index is -0.432. The second-order valence-corrected chi connectivity index (χ2v) is 8.48. The van der Waals surface area contributed by atoms with E-state index in [4.69, 9.17) is 21.7 Å². The Labute approximate surface area is 202 Å². The summed E-state index contributed by atoms with van der Waals surface area (Å²) in [5.74, 6) is -0.378. The number of rotatable bonds is 13. The summed E-state index contributed by atoms with van der Waals surface area (Å²) in [7, 11) is 1.56. The summed E-state index contributed by atoms with van der Waals surface area (Å²) in [6.07, 6.45) is 6.09. The van der Waals surface area contributed by atoms with Crippen molar-refractivity contribution in [3.05, 3.63) is 41.1 Å². The van der Waals surface area contributed by atoms with Gasteiger partial charge >= 0.3 is 5.97 Å². The van der Waals surface area contributed by atoms with Crippen LogP contribution in [0, 0.1) is 0 Å². The molecular formula is C25H37N3O4S. The smallest absolute Gasteiger partial charge is 0.338 e. The largest absolute Gasteiger partial charge is 0.460 e. The van der Waals surface area contributed by atoms with E-state index in [0.717, 1.165) is 29.8 Å². The topological polar surface area (TPSA) is 79.9 Å². The van der Waals surface area contributed by atoms with E-state index in [1.54, 1.807) is 7.11 Å². The Morgan fingerprint density at radius 1 is 1.09 bits per heavy atom. The summed E-state index contributed by atoms with van der Waals surface area (Å²) < 4.78 is 10.4. The molecule has 1 amide bonds. The number of carbonyl (C=O) groups is 2. The molecule has 1 atom stereocenters. The standard InChI is InChI=1S/C25H37N3O4S/c1-5-7-8-9-10-11-21(29)26-20-14-12-19(13-15-20)23-22(24(30)32-17-16-31-4)18(3)28(6-2)25(33)27-23/h12-15,23H,5-11,16-17H2,1-4H3,(H,26,29)(H,27,33). The van der Waals surface area contributed by atoms with Gasteiger partial charge in [0.15, 0.2) is 5.11 Å². The van der Waals surface area contributed by atoms with E-state index in [1.807, 2.05) is 43.0 Å². The van der Waals surface area contributed by atoms with Crippen molar-refractivity contribution in [2.45, 2.75) is 65.3 Å². The molecule has 1 aliphatic heterocycles. The number of hydrogen-bond acceptors (Lipinski definition) is 5. The molecule has 8 heteroatoms. The Morgan fingerprint density at radius 2 is 1.79 bits per heavy atom. The molecule has 2 rings (SSSR count). The number of benzene rings is 1. The van der Waals surface area contributed by atoms with Crippen molar-refractivity contribution in [3.8, 4) is 0 Å². The lowest BCUT2D eigenvalue weighted by atomic mass is 9.95. The number of amides is 1. The third kappa shape index (κ3) is 7.82. The first-order chi connectivity index (χ1) is 15.9. The number of methoxy groups -OCH3 is 1. The van der Waals surface area contributed by atoms with Gasteiger partial charge in [-0.15, -0.1) is 0 Å². The number of esters is 1. The summed E-state index contributed by atoms with van der Waals surface area (Å²) in [5, 5.41) is 6.79. The molecule has 1 aliphatic rings. The van der Waals surface area contributed by atoms with Crippen molar-refractivity contribution in [3.63, 3.8) is 0 Å². The van der Waals surface area contributed by atoms with Crippen LogP contribution in [0.3, 0.4) is 0 Å². The number of thiocarbonyl (C=S) groups is 1. The Balaban J connectivity index is 2.11. The van der Waals surface area contributed by atoms with Crippen molar-refractivity contribution in [2.24, 2.45) is 0 Å². The quantitative estimate of drug-likeness (QED) is 0.243. The molecule has 2 N–H and O–H groups in total. The molecule has 0 saturated heterocycles. The fraction of sp³-hybridized carbons (Fsp3) is 0.560. The van der Waals surface area contributed by atoms with Gasteiger partial charge in [0.05, 0.1) is 18.2 Å². The summed E-state index contributed by atoms with van der Waals surface area (Å²) in [6, 6.07) is 7.07. The Kier molecular flexibility index (Phi) is 11.3. The first-order valence-electron chi connectivity index (χ1n) is 11.8. The summed E-state index contributed by atoms with van der Waals surface area (Å²) in [4.78, 5) is 27.0. The van der Waals surface area contributed by atoms with Gasteiger partial charge in [-0.3, -0.25) is 4.79 Å². The summed E-state index contributed by atoms with van der Waals surface area (Å²) >= 11 is 5.53. The lowest BCUT2D eigenvalue weighted by Crippen LogP contribution is -2.47. The number of carbonyl (C=O) groups excluding carboxylic acids is 2. The predicted octanol–water partition coefficient (Wildman–Crippen LogP) is 4.70. The molecule has 182 valence electrons. The van der Waals surface area contributed by atoms with Gasteiger partial charge in [-0.05, 0) is 50.2 Å². The van der Waals surface area contributed by atoms with Crippen molar-refractivity contribution in [1.82, 2.24) is 10.2 Å². The lowest BCUT2D eigenvalue weighted by molar-refractivity contribution is -0.140. The molecule has 1 unspecified atom stereocenters. The van der Waals surface area contributed by atoms with Gasteiger partial charge in [0.2, 0.25) is 5.91 Å². The number of anilines is 1. The molecule has 1 heterocycles. The molecule has 33 heavy (non-hydrogen) atoms. The second-order valence-electron chi connectivity index (χ2n) is 8.09. The van der Waals surface area contributed by atoms with Crippen LogP contribution in [-0.2, 0) is 19.1 Å². The minimum absolute atomic E-state index is 0.0213. The zero-order valence-corrected chi connectivity index (χ0v) is 21.1. The average molecular weight is 476 g/mol. The van der Waals surface area contributed by atoms with Crippen LogP contribution in [0.1, 0.15) is 70.9 Å². The molecule has 0 aliphatic carbocycles. The van der Waals surface area contributed by atoms with E-state index in [-0.39, 0.29) is 12.5 Å². The Bertz CT molecular complexity index is 839. The number of nitrogens with one attached hydrogen (secondary N) is 2. The third-order valence-corrected chi connectivity index (χ3v) is 6.03. The highest BCUT2D eigenvalue weighted by Crippen LogP contribution is 2.32. The normalized spacial score (nSPS) is 15.9. The highest BCUT2D eigenvalue weighted by Gasteiger charge is 2.34. The van der Waals surface area contributed by atoms with E-state index in [1.165, 1.54) is 19.3 Å². The Morgan fingerprint density at radius 3 is 2.42 bits per heavy atom. The fourth-order valence-corrected chi connectivity index (χ4v) is 4.23. The zero-order valence-electron chi connectivity index (χ0n) is 20.2. The van der Waals surface area contributed by atoms with Gasteiger partial charge in [0.1, 0.15) is 6.61 Å². The number of ether oxygens (including phenoxy) is 2. The molecule has 0 saturated carbocycles. The van der Waals surface area contributed by atoms with E-state index in [2.05, 4.69) is 17.6 Å². The SMILES string of the molecule is CCCCCCCC(=O)Nc1ccc(C2NC(=S)N(CC)C(C)=C2C(=O)OCCOC)cc1. The molecule has 1 aromatic rings. The zero-order chi connectivity index (χ0) is 24.2. The van der Waals surface area contributed by atoms with E-state index < -0.39 is 12.0 Å². The van der Waals surface area contributed by atoms with Gasteiger partial charge in [-0.25, -0.2) is 4.79 Å². The van der Waals surface area contributed by atoms with Crippen molar-refractivity contribution in [1.29, 1.82) is 0 Å². The first kappa shape index (κ1) is 26.8. The first-order valence-corrected chi connectivity index (χ1v) is 12.2. The van der Waals surface area contributed by atoms with Crippen LogP contribution in [0.25, 0.3) is 0 Å². The molecule has 0 spiro atoms. The van der Waals surface area contributed by atoms with Crippen LogP contribution >= 0.6 is 12.2 Å². The molecule has 0 fully saturated rings. The van der Waals surface area contributed by atoms with Crippen LogP contribution in [0.2, 0.25) is 0 Å². The molecule has 0 radical (unpaired) electrons. The summed E-state index contributed by atoms with van der Waals surface area (Å²) in [5.41, 5.74) is 2.89. The second kappa shape index (κ2) is 14.0.